The van der Waals surface area contributed by atoms with E-state index in [0.717, 1.165) is 24.3 Å². The van der Waals surface area contributed by atoms with Crippen LogP contribution in [0.3, 0.4) is 0 Å². The minimum atomic E-state index is -0.0928. The number of benzene rings is 1. The quantitative estimate of drug-likeness (QED) is 0.922. The second-order valence-electron chi connectivity index (χ2n) is 6.17. The molecule has 0 aliphatic carbocycles. The van der Waals surface area contributed by atoms with Crippen molar-refractivity contribution in [3.63, 3.8) is 0 Å². The van der Waals surface area contributed by atoms with Crippen molar-refractivity contribution in [2.45, 2.75) is 20.3 Å². The molecule has 1 aliphatic heterocycles. The third-order valence-corrected chi connectivity index (χ3v) is 3.97. The maximum absolute atomic E-state index is 12.0. The van der Waals surface area contributed by atoms with E-state index in [-0.39, 0.29) is 5.56 Å². The minimum Gasteiger partial charge on any atom is -0.342 e. The van der Waals surface area contributed by atoms with Gasteiger partial charge in [-0.15, -0.1) is 0 Å². The molecule has 110 valence electrons. The highest BCUT2D eigenvalue weighted by Gasteiger charge is 2.23. The molecule has 21 heavy (non-hydrogen) atoms. The molecule has 1 fully saturated rings. The molecule has 4 heteroatoms. The van der Waals surface area contributed by atoms with E-state index in [1.165, 1.54) is 6.42 Å². The zero-order valence-electron chi connectivity index (χ0n) is 12.5. The highest BCUT2D eigenvalue weighted by Crippen LogP contribution is 2.24. The zero-order valence-corrected chi connectivity index (χ0v) is 12.5. The summed E-state index contributed by atoms with van der Waals surface area (Å²) in [7, 11) is 0. The number of hydrogen-bond acceptors (Lipinski definition) is 3. The fourth-order valence-corrected chi connectivity index (χ4v) is 3.19. The van der Waals surface area contributed by atoms with Crippen molar-refractivity contribution in [3.8, 4) is 11.3 Å². The van der Waals surface area contributed by atoms with Crippen LogP contribution < -0.4 is 10.5 Å². The van der Waals surface area contributed by atoms with Gasteiger partial charge in [-0.2, -0.15) is 0 Å². The Morgan fingerprint density at radius 1 is 1.14 bits per heavy atom. The minimum absolute atomic E-state index is 0.0928. The summed E-state index contributed by atoms with van der Waals surface area (Å²) in [6, 6.07) is 11.4. The van der Waals surface area contributed by atoms with Gasteiger partial charge < -0.3 is 4.90 Å². The molecule has 2 aromatic rings. The van der Waals surface area contributed by atoms with Gasteiger partial charge in [0, 0.05) is 24.7 Å². The second-order valence-corrected chi connectivity index (χ2v) is 6.17. The predicted octanol–water partition coefficient (Wildman–Crippen LogP) is 2.92. The van der Waals surface area contributed by atoms with Crippen molar-refractivity contribution < 1.29 is 0 Å². The van der Waals surface area contributed by atoms with Gasteiger partial charge in [-0.3, -0.25) is 9.78 Å². The predicted molar refractivity (Wildman–Crippen MR) is 85.5 cm³/mol. The molecule has 0 amide bonds. The molecule has 2 heterocycles. The van der Waals surface area contributed by atoms with Crippen molar-refractivity contribution in [2.24, 2.45) is 11.8 Å². The second kappa shape index (κ2) is 5.72. The summed E-state index contributed by atoms with van der Waals surface area (Å²) < 4.78 is 0. The monoisotopic (exact) mass is 283 g/mol. The summed E-state index contributed by atoms with van der Waals surface area (Å²) >= 11 is 0. The summed E-state index contributed by atoms with van der Waals surface area (Å²) in [5.74, 6) is 1.94. The van der Waals surface area contributed by atoms with Crippen LogP contribution in [-0.4, -0.2) is 23.1 Å². The van der Waals surface area contributed by atoms with Crippen LogP contribution in [0.1, 0.15) is 20.3 Å². The lowest BCUT2D eigenvalue weighted by Gasteiger charge is -2.35. The summed E-state index contributed by atoms with van der Waals surface area (Å²) in [4.78, 5) is 21.7. The average molecular weight is 283 g/mol. The van der Waals surface area contributed by atoms with Crippen molar-refractivity contribution >= 4 is 5.95 Å². The molecule has 0 spiro atoms. The van der Waals surface area contributed by atoms with E-state index in [9.17, 15) is 4.79 Å². The van der Waals surface area contributed by atoms with Crippen LogP contribution in [0.25, 0.3) is 11.3 Å². The number of anilines is 1. The van der Waals surface area contributed by atoms with Gasteiger partial charge in [-0.25, -0.2) is 4.98 Å². The molecule has 1 aliphatic rings. The summed E-state index contributed by atoms with van der Waals surface area (Å²) in [6.07, 6.45) is 1.24. The Kier molecular flexibility index (Phi) is 3.78. The van der Waals surface area contributed by atoms with E-state index >= 15 is 0 Å². The van der Waals surface area contributed by atoms with Crippen molar-refractivity contribution in [1.82, 2.24) is 9.97 Å². The first-order valence-corrected chi connectivity index (χ1v) is 7.53. The van der Waals surface area contributed by atoms with Gasteiger partial charge in [0.15, 0.2) is 0 Å². The number of aromatic amines is 1. The molecule has 4 nitrogen and oxygen atoms in total. The van der Waals surface area contributed by atoms with Gasteiger partial charge in [0.2, 0.25) is 5.95 Å². The average Bonchev–Trinajstić information content (AvgIpc) is 2.46. The number of nitrogens with one attached hydrogen (secondary N) is 1. The van der Waals surface area contributed by atoms with Gasteiger partial charge in [0.25, 0.3) is 5.56 Å². The highest BCUT2D eigenvalue weighted by molar-refractivity contribution is 5.59. The maximum Gasteiger partial charge on any atom is 0.252 e. The molecule has 1 aromatic carbocycles. The molecule has 3 rings (SSSR count). The lowest BCUT2D eigenvalue weighted by molar-refractivity contribution is 0.353. The van der Waals surface area contributed by atoms with Gasteiger partial charge >= 0.3 is 0 Å². The smallest absolute Gasteiger partial charge is 0.252 e. The van der Waals surface area contributed by atoms with E-state index in [4.69, 9.17) is 0 Å². The molecule has 1 aromatic heterocycles. The summed E-state index contributed by atoms with van der Waals surface area (Å²) in [5, 5.41) is 0. The Labute approximate surface area is 124 Å². The van der Waals surface area contributed by atoms with Gasteiger partial charge in [0.05, 0.1) is 5.69 Å². The van der Waals surface area contributed by atoms with Crippen LogP contribution in [0, 0.1) is 11.8 Å². The van der Waals surface area contributed by atoms with Crippen LogP contribution in [0.2, 0.25) is 0 Å². The van der Waals surface area contributed by atoms with Gasteiger partial charge in [-0.1, -0.05) is 44.2 Å². The van der Waals surface area contributed by atoms with Crippen LogP contribution in [0.5, 0.6) is 0 Å². The molecule has 2 atom stereocenters. The first-order chi connectivity index (χ1) is 10.1. The standard InChI is InChI=1S/C17H21N3O/c1-12-8-13(2)11-20(10-12)17-18-15(9-16(21)19-17)14-6-4-3-5-7-14/h3-7,9,12-13H,8,10-11H2,1-2H3,(H,18,19,21). The van der Waals surface area contributed by atoms with Gasteiger partial charge in [-0.05, 0) is 18.3 Å². The molecule has 0 bridgehead atoms. The molecule has 0 saturated carbocycles. The Bertz CT molecular complexity index is 655. The van der Waals surface area contributed by atoms with Gasteiger partial charge in [0.1, 0.15) is 0 Å². The SMILES string of the molecule is CC1CC(C)CN(c2nc(-c3ccccc3)cc(=O)[nH]2)C1. The normalized spacial score (nSPS) is 22.3. The topological polar surface area (TPSA) is 49.0 Å². The van der Waals surface area contributed by atoms with Crippen molar-refractivity contribution in [3.05, 3.63) is 46.8 Å². The Morgan fingerprint density at radius 3 is 2.48 bits per heavy atom. The molecule has 1 saturated heterocycles. The summed E-state index contributed by atoms with van der Waals surface area (Å²) in [5.41, 5.74) is 1.62. The fraction of sp³-hybridized carbons (Fsp3) is 0.412. The highest BCUT2D eigenvalue weighted by atomic mass is 16.1. The van der Waals surface area contributed by atoms with E-state index in [0.29, 0.717) is 17.8 Å². The molecular formula is C17H21N3O. The van der Waals surface area contributed by atoms with Crippen LogP contribution in [0.4, 0.5) is 5.95 Å². The largest absolute Gasteiger partial charge is 0.342 e. The first-order valence-electron chi connectivity index (χ1n) is 7.53. The van der Waals surface area contributed by atoms with Crippen LogP contribution >= 0.6 is 0 Å². The van der Waals surface area contributed by atoms with E-state index in [2.05, 4.69) is 28.7 Å². The third-order valence-electron chi connectivity index (χ3n) is 3.97. The molecule has 0 radical (unpaired) electrons. The molecule has 2 unspecified atom stereocenters. The number of nitrogens with zero attached hydrogens (tertiary/aromatic N) is 2. The molecule has 1 N–H and O–H groups in total. The lowest BCUT2D eigenvalue weighted by Crippen LogP contribution is -2.40. The summed E-state index contributed by atoms with van der Waals surface area (Å²) in [6.45, 7) is 6.40. The Hall–Kier alpha value is -2.10. The lowest BCUT2D eigenvalue weighted by atomic mass is 9.92. The fourth-order valence-electron chi connectivity index (χ4n) is 3.19. The van der Waals surface area contributed by atoms with E-state index in [1.54, 1.807) is 6.07 Å². The number of aromatic nitrogens is 2. The number of H-pyrrole nitrogens is 1. The van der Waals surface area contributed by atoms with Crippen LogP contribution in [0.15, 0.2) is 41.2 Å². The Morgan fingerprint density at radius 2 is 1.81 bits per heavy atom. The zero-order chi connectivity index (χ0) is 14.8. The van der Waals surface area contributed by atoms with Crippen molar-refractivity contribution in [2.75, 3.05) is 18.0 Å². The van der Waals surface area contributed by atoms with Crippen molar-refractivity contribution in [1.29, 1.82) is 0 Å². The maximum atomic E-state index is 12.0. The third kappa shape index (κ3) is 3.15. The van der Waals surface area contributed by atoms with Crippen LogP contribution in [-0.2, 0) is 0 Å². The molecular weight excluding hydrogens is 262 g/mol. The Balaban J connectivity index is 1.96. The number of rotatable bonds is 2. The van der Waals surface area contributed by atoms with E-state index < -0.39 is 0 Å². The number of piperidine rings is 1. The first kappa shape index (κ1) is 13.9. The van der Waals surface area contributed by atoms with E-state index in [1.807, 2.05) is 30.3 Å². The number of hydrogen-bond donors (Lipinski definition) is 1.